The van der Waals surface area contributed by atoms with E-state index < -0.39 is 30.2 Å². The van der Waals surface area contributed by atoms with Crippen LogP contribution in [0, 0.1) is 0 Å². The van der Waals surface area contributed by atoms with Crippen LogP contribution in [0.1, 0.15) is 10.5 Å². The van der Waals surface area contributed by atoms with E-state index in [0.29, 0.717) is 0 Å². The van der Waals surface area contributed by atoms with Crippen molar-refractivity contribution in [3.8, 4) is 0 Å². The molecule has 20 heavy (non-hydrogen) atoms. The second kappa shape index (κ2) is 6.46. The summed E-state index contributed by atoms with van der Waals surface area (Å²) in [6, 6.07) is -1.20. The van der Waals surface area contributed by atoms with Gasteiger partial charge in [0, 0.05) is 0 Å². The maximum Gasteiger partial charge on any atom is 0.272 e. The number of aliphatic hydroxyl groups is 3. The van der Waals surface area contributed by atoms with Crippen LogP contribution in [-0.4, -0.2) is 73.1 Å². The van der Waals surface area contributed by atoms with Crippen LogP contribution in [0.4, 0.5) is 0 Å². The van der Waals surface area contributed by atoms with Gasteiger partial charge in [0.1, 0.15) is 5.69 Å². The fourth-order valence-corrected chi connectivity index (χ4v) is 2.30. The topological polar surface area (TPSA) is 133 Å². The molecule has 1 saturated heterocycles. The van der Waals surface area contributed by atoms with Crippen molar-refractivity contribution in [2.45, 2.75) is 30.8 Å². The lowest BCUT2D eigenvalue weighted by Crippen LogP contribution is -2.39. The third kappa shape index (κ3) is 2.91. The Kier molecular flexibility index (Phi) is 4.89. The number of rotatable bonds is 5. The van der Waals surface area contributed by atoms with Crippen molar-refractivity contribution in [2.24, 2.45) is 0 Å². The van der Waals surface area contributed by atoms with Gasteiger partial charge < -0.3 is 26.0 Å². The van der Waals surface area contributed by atoms with E-state index in [1.54, 1.807) is 0 Å². The summed E-state index contributed by atoms with van der Waals surface area (Å²) in [6.45, 7) is -0.175. The Morgan fingerprint density at radius 3 is 2.75 bits per heavy atom. The standard InChI is InChI=1S/C10H16ClN5O4/c11-4-12-10(20)7-1-13-15-16(7)2-5-8(18)9(19)6(3-17)14-5/h1,5-6,8-9,14,17-19H,2-4H2,(H,12,20)/t5-,6-,8-,9-/m1/s1. The molecule has 0 aromatic carbocycles. The third-order valence-corrected chi connectivity index (χ3v) is 3.38. The first-order chi connectivity index (χ1) is 9.58. The average Bonchev–Trinajstić information content (AvgIpc) is 2.99. The van der Waals surface area contributed by atoms with Crippen LogP contribution in [0.5, 0.6) is 0 Å². The summed E-state index contributed by atoms with van der Waals surface area (Å²) >= 11 is 5.42. The lowest BCUT2D eigenvalue weighted by Gasteiger charge is -2.16. The maximum atomic E-state index is 11.7. The van der Waals surface area contributed by atoms with Crippen LogP contribution in [0.15, 0.2) is 6.20 Å². The molecule has 1 aliphatic rings. The number of alkyl halides is 1. The highest BCUT2D eigenvalue weighted by Crippen LogP contribution is 2.16. The van der Waals surface area contributed by atoms with Crippen LogP contribution in [0.25, 0.3) is 0 Å². The normalized spacial score (nSPS) is 29.6. The molecule has 4 atom stereocenters. The number of amides is 1. The van der Waals surface area contributed by atoms with Crippen molar-refractivity contribution in [3.63, 3.8) is 0 Å². The molecule has 0 aliphatic carbocycles. The minimum Gasteiger partial charge on any atom is -0.395 e. The molecular weight excluding hydrogens is 290 g/mol. The molecule has 9 nitrogen and oxygen atoms in total. The Labute approximate surface area is 119 Å². The molecule has 0 saturated carbocycles. The van der Waals surface area contributed by atoms with Gasteiger partial charge in [-0.15, -0.1) is 16.7 Å². The third-order valence-electron chi connectivity index (χ3n) is 3.25. The van der Waals surface area contributed by atoms with Gasteiger partial charge in [-0.1, -0.05) is 5.21 Å². The number of carbonyl (C=O) groups is 1. The molecule has 1 amide bonds. The highest BCUT2D eigenvalue weighted by Gasteiger charge is 2.41. The molecule has 0 spiro atoms. The number of hydrogen-bond donors (Lipinski definition) is 5. The van der Waals surface area contributed by atoms with Gasteiger partial charge >= 0.3 is 0 Å². The van der Waals surface area contributed by atoms with Crippen molar-refractivity contribution in [1.29, 1.82) is 0 Å². The number of carbonyl (C=O) groups excluding carboxylic acids is 1. The highest BCUT2D eigenvalue weighted by molar-refractivity contribution is 6.18. The average molecular weight is 306 g/mol. The molecule has 0 unspecified atom stereocenters. The van der Waals surface area contributed by atoms with Gasteiger partial charge in [0.15, 0.2) is 0 Å². The van der Waals surface area contributed by atoms with Crippen LogP contribution < -0.4 is 10.6 Å². The van der Waals surface area contributed by atoms with E-state index in [-0.39, 0.29) is 24.8 Å². The molecular formula is C10H16ClN5O4. The largest absolute Gasteiger partial charge is 0.395 e. The number of halogens is 1. The summed E-state index contributed by atoms with van der Waals surface area (Å²) in [5.74, 6) is -0.434. The number of nitrogens with zero attached hydrogens (tertiary/aromatic N) is 3. The zero-order valence-electron chi connectivity index (χ0n) is 10.5. The van der Waals surface area contributed by atoms with Gasteiger partial charge in [0.05, 0.1) is 49.6 Å². The summed E-state index contributed by atoms with van der Waals surface area (Å²) in [6.07, 6.45) is -0.864. The Morgan fingerprint density at radius 2 is 2.15 bits per heavy atom. The Balaban J connectivity index is 2.08. The van der Waals surface area contributed by atoms with Gasteiger partial charge in [-0.2, -0.15) is 0 Å². The molecule has 2 heterocycles. The minimum atomic E-state index is -1.08. The Morgan fingerprint density at radius 1 is 1.45 bits per heavy atom. The van der Waals surface area contributed by atoms with Gasteiger partial charge in [-0.05, 0) is 0 Å². The molecule has 1 aromatic rings. The molecule has 112 valence electrons. The smallest absolute Gasteiger partial charge is 0.272 e. The number of hydrogen-bond acceptors (Lipinski definition) is 7. The van der Waals surface area contributed by atoms with E-state index in [9.17, 15) is 15.0 Å². The van der Waals surface area contributed by atoms with E-state index >= 15 is 0 Å². The van der Waals surface area contributed by atoms with Gasteiger partial charge in [-0.3, -0.25) is 4.79 Å². The molecule has 1 aromatic heterocycles. The first kappa shape index (κ1) is 15.1. The van der Waals surface area contributed by atoms with E-state index in [0.717, 1.165) is 0 Å². The van der Waals surface area contributed by atoms with E-state index in [2.05, 4.69) is 20.9 Å². The molecule has 10 heteroatoms. The quantitative estimate of drug-likeness (QED) is 0.294. The minimum absolute atomic E-state index is 0.0420. The number of aliphatic hydroxyl groups excluding tert-OH is 3. The Bertz CT molecular complexity index is 470. The van der Waals surface area contributed by atoms with Crippen molar-refractivity contribution >= 4 is 17.5 Å². The zero-order chi connectivity index (χ0) is 14.7. The number of nitrogens with one attached hydrogen (secondary N) is 2. The molecule has 5 N–H and O–H groups in total. The molecule has 1 aliphatic heterocycles. The Hall–Kier alpha value is -1.26. The lowest BCUT2D eigenvalue weighted by molar-refractivity contribution is 0.0174. The molecule has 0 bridgehead atoms. The highest BCUT2D eigenvalue weighted by atomic mass is 35.5. The van der Waals surface area contributed by atoms with Crippen LogP contribution in [0.2, 0.25) is 0 Å². The maximum absolute atomic E-state index is 11.7. The monoisotopic (exact) mass is 305 g/mol. The summed E-state index contributed by atoms with van der Waals surface area (Å²) in [4.78, 5) is 11.7. The van der Waals surface area contributed by atoms with Crippen LogP contribution in [-0.2, 0) is 6.54 Å². The van der Waals surface area contributed by atoms with Crippen LogP contribution >= 0.6 is 11.6 Å². The van der Waals surface area contributed by atoms with Crippen LogP contribution in [0.3, 0.4) is 0 Å². The van der Waals surface area contributed by atoms with Gasteiger partial charge in [0.2, 0.25) is 0 Å². The second-order valence-corrected chi connectivity index (χ2v) is 4.75. The van der Waals surface area contributed by atoms with Crippen molar-refractivity contribution in [1.82, 2.24) is 25.6 Å². The van der Waals surface area contributed by atoms with Gasteiger partial charge in [-0.25, -0.2) is 4.68 Å². The summed E-state index contributed by atoms with van der Waals surface area (Å²) in [5, 5.41) is 41.3. The first-order valence-electron chi connectivity index (χ1n) is 6.04. The fraction of sp³-hybridized carbons (Fsp3) is 0.700. The lowest BCUT2D eigenvalue weighted by atomic mass is 10.1. The second-order valence-electron chi connectivity index (χ2n) is 4.48. The number of aromatic nitrogens is 3. The molecule has 0 radical (unpaired) electrons. The predicted molar refractivity (Wildman–Crippen MR) is 68.0 cm³/mol. The van der Waals surface area contributed by atoms with E-state index in [1.165, 1.54) is 10.9 Å². The summed E-state index contributed by atoms with van der Waals surface area (Å²) in [5.41, 5.74) is 0.196. The molecule has 2 rings (SSSR count). The fourth-order valence-electron chi connectivity index (χ4n) is 2.18. The van der Waals surface area contributed by atoms with Crippen molar-refractivity contribution in [3.05, 3.63) is 11.9 Å². The predicted octanol–water partition coefficient (Wildman–Crippen LogP) is -2.74. The van der Waals surface area contributed by atoms with Crippen molar-refractivity contribution in [2.75, 3.05) is 12.6 Å². The molecule has 1 fully saturated rings. The zero-order valence-corrected chi connectivity index (χ0v) is 11.2. The SMILES string of the molecule is O=C(NCCl)c1cnnn1C[C@H]1N[C@H](CO)[C@@H](O)[C@@H]1O. The van der Waals surface area contributed by atoms with Crippen molar-refractivity contribution < 1.29 is 20.1 Å². The summed E-state index contributed by atoms with van der Waals surface area (Å²) < 4.78 is 1.30. The van der Waals surface area contributed by atoms with Gasteiger partial charge in [0.25, 0.3) is 5.91 Å². The van der Waals surface area contributed by atoms with E-state index in [1.807, 2.05) is 0 Å². The first-order valence-corrected chi connectivity index (χ1v) is 6.57. The van der Waals surface area contributed by atoms with E-state index in [4.69, 9.17) is 16.7 Å². The summed E-state index contributed by atoms with van der Waals surface area (Å²) in [7, 11) is 0.